The molecular formula is C18H33N5O3. The van der Waals surface area contributed by atoms with Gasteiger partial charge in [0.1, 0.15) is 0 Å². The fourth-order valence-corrected chi connectivity index (χ4v) is 3.48. The van der Waals surface area contributed by atoms with Gasteiger partial charge < -0.3 is 25.2 Å². The van der Waals surface area contributed by atoms with Crippen molar-refractivity contribution in [3.05, 3.63) is 0 Å². The highest BCUT2D eigenvalue weighted by molar-refractivity contribution is 5.81. The molecule has 2 amide bonds. The summed E-state index contributed by atoms with van der Waals surface area (Å²) in [5.74, 6) is 0.881. The van der Waals surface area contributed by atoms with E-state index in [1.54, 1.807) is 11.9 Å². The molecule has 0 aromatic rings. The second-order valence-electron chi connectivity index (χ2n) is 6.80. The Balaban J connectivity index is 1.66. The first-order valence-electron chi connectivity index (χ1n) is 9.80. The van der Waals surface area contributed by atoms with E-state index in [0.29, 0.717) is 51.8 Å². The molecule has 1 aliphatic carbocycles. The van der Waals surface area contributed by atoms with Gasteiger partial charge in [-0.3, -0.25) is 9.79 Å². The molecule has 2 rings (SSSR count). The Morgan fingerprint density at radius 1 is 1.08 bits per heavy atom. The zero-order valence-corrected chi connectivity index (χ0v) is 16.1. The van der Waals surface area contributed by atoms with Crippen LogP contribution < -0.4 is 10.6 Å². The number of amides is 2. The van der Waals surface area contributed by atoms with Crippen LogP contribution in [0.3, 0.4) is 0 Å². The molecule has 0 spiro atoms. The smallest absolute Gasteiger partial charge is 0.409 e. The molecule has 0 unspecified atom stereocenters. The second kappa shape index (κ2) is 10.9. The Morgan fingerprint density at radius 3 is 2.35 bits per heavy atom. The number of carbonyl (C=O) groups is 2. The van der Waals surface area contributed by atoms with E-state index in [2.05, 4.69) is 20.5 Å². The van der Waals surface area contributed by atoms with Gasteiger partial charge in [-0.2, -0.15) is 0 Å². The van der Waals surface area contributed by atoms with Crippen LogP contribution in [0, 0.1) is 0 Å². The Labute approximate surface area is 156 Å². The van der Waals surface area contributed by atoms with Gasteiger partial charge in [-0.15, -0.1) is 0 Å². The average Bonchev–Trinajstić information content (AvgIpc) is 2.66. The number of nitrogens with zero attached hydrogens (tertiary/aromatic N) is 3. The van der Waals surface area contributed by atoms with Crippen LogP contribution >= 0.6 is 0 Å². The summed E-state index contributed by atoms with van der Waals surface area (Å²) >= 11 is 0. The Hall–Kier alpha value is -1.99. The van der Waals surface area contributed by atoms with Crippen molar-refractivity contribution in [3.8, 4) is 0 Å². The van der Waals surface area contributed by atoms with Gasteiger partial charge in [0.15, 0.2) is 5.96 Å². The van der Waals surface area contributed by atoms with Crippen molar-refractivity contribution in [1.29, 1.82) is 0 Å². The van der Waals surface area contributed by atoms with Crippen LogP contribution in [0.25, 0.3) is 0 Å². The van der Waals surface area contributed by atoms with Gasteiger partial charge in [0.05, 0.1) is 6.61 Å². The van der Waals surface area contributed by atoms with E-state index in [4.69, 9.17) is 4.74 Å². The lowest BCUT2D eigenvalue weighted by Crippen LogP contribution is -2.54. The van der Waals surface area contributed by atoms with E-state index in [9.17, 15) is 9.59 Å². The van der Waals surface area contributed by atoms with E-state index in [-0.39, 0.29) is 12.0 Å². The molecule has 2 aliphatic rings. The predicted octanol–water partition coefficient (Wildman–Crippen LogP) is 1.17. The van der Waals surface area contributed by atoms with E-state index in [0.717, 1.165) is 18.8 Å². The molecule has 26 heavy (non-hydrogen) atoms. The van der Waals surface area contributed by atoms with Gasteiger partial charge in [0.2, 0.25) is 5.91 Å². The number of nitrogens with one attached hydrogen (secondary N) is 2. The lowest BCUT2D eigenvalue weighted by Gasteiger charge is -2.35. The molecule has 148 valence electrons. The maximum absolute atomic E-state index is 12.1. The summed E-state index contributed by atoms with van der Waals surface area (Å²) in [5, 5.41) is 6.39. The Bertz CT molecular complexity index is 483. The third kappa shape index (κ3) is 6.38. The molecule has 1 heterocycles. The van der Waals surface area contributed by atoms with Crippen molar-refractivity contribution in [2.75, 3.05) is 46.4 Å². The molecule has 2 fully saturated rings. The molecule has 0 bridgehead atoms. The molecule has 0 aromatic carbocycles. The van der Waals surface area contributed by atoms with Gasteiger partial charge in [-0.1, -0.05) is 19.3 Å². The molecule has 0 radical (unpaired) electrons. The fourth-order valence-electron chi connectivity index (χ4n) is 3.48. The number of rotatable bonds is 5. The minimum Gasteiger partial charge on any atom is -0.450 e. The molecule has 8 heteroatoms. The zero-order chi connectivity index (χ0) is 18.8. The van der Waals surface area contributed by atoms with Gasteiger partial charge in [0.25, 0.3) is 0 Å². The van der Waals surface area contributed by atoms with Crippen LogP contribution in [-0.4, -0.2) is 80.2 Å². The molecule has 0 aromatic heterocycles. The van der Waals surface area contributed by atoms with Crippen molar-refractivity contribution in [3.63, 3.8) is 0 Å². The minimum absolute atomic E-state index is 0.104. The predicted molar refractivity (Wildman–Crippen MR) is 101 cm³/mol. The molecule has 2 N–H and O–H groups in total. The number of hydrogen-bond donors (Lipinski definition) is 2. The average molecular weight is 367 g/mol. The number of ether oxygens (including phenoxy) is 1. The molecule has 0 atom stereocenters. The lowest BCUT2D eigenvalue weighted by molar-refractivity contribution is -0.121. The molecule has 1 aliphatic heterocycles. The quantitative estimate of drug-likeness (QED) is 0.563. The van der Waals surface area contributed by atoms with Gasteiger partial charge in [0, 0.05) is 52.2 Å². The number of carbonyl (C=O) groups excluding carboxylic acids is 2. The summed E-state index contributed by atoms with van der Waals surface area (Å²) in [6, 6.07) is 0.353. The Kier molecular flexibility index (Phi) is 8.50. The molecular weight excluding hydrogens is 334 g/mol. The van der Waals surface area contributed by atoms with E-state index in [1.165, 1.54) is 19.3 Å². The highest BCUT2D eigenvalue weighted by atomic mass is 16.6. The highest BCUT2D eigenvalue weighted by Crippen LogP contribution is 2.17. The van der Waals surface area contributed by atoms with E-state index >= 15 is 0 Å². The van der Waals surface area contributed by atoms with Crippen molar-refractivity contribution in [2.24, 2.45) is 4.99 Å². The first kappa shape index (κ1) is 20.3. The highest BCUT2D eigenvalue weighted by Gasteiger charge is 2.23. The van der Waals surface area contributed by atoms with Crippen molar-refractivity contribution < 1.29 is 14.3 Å². The SMILES string of the molecule is CCOC(=O)N1CCN(C(=NC)NCCC(=O)NC2CCCCC2)CC1. The van der Waals surface area contributed by atoms with Crippen LogP contribution in [0.2, 0.25) is 0 Å². The van der Waals surface area contributed by atoms with Gasteiger partial charge in [-0.25, -0.2) is 4.79 Å². The zero-order valence-electron chi connectivity index (χ0n) is 16.1. The topological polar surface area (TPSA) is 86.3 Å². The summed E-state index contributed by atoms with van der Waals surface area (Å²) in [5.41, 5.74) is 0. The number of guanidine groups is 1. The maximum atomic E-state index is 12.1. The maximum Gasteiger partial charge on any atom is 0.409 e. The molecule has 1 saturated heterocycles. The Morgan fingerprint density at radius 2 is 1.73 bits per heavy atom. The van der Waals surface area contributed by atoms with Gasteiger partial charge >= 0.3 is 6.09 Å². The summed E-state index contributed by atoms with van der Waals surface area (Å²) in [4.78, 5) is 31.9. The van der Waals surface area contributed by atoms with Crippen LogP contribution in [0.5, 0.6) is 0 Å². The van der Waals surface area contributed by atoms with Crippen molar-refractivity contribution in [2.45, 2.75) is 51.5 Å². The number of aliphatic imine (C=N–C) groups is 1. The number of piperazine rings is 1. The van der Waals surface area contributed by atoms with Crippen molar-refractivity contribution in [1.82, 2.24) is 20.4 Å². The van der Waals surface area contributed by atoms with Crippen LogP contribution in [0.15, 0.2) is 4.99 Å². The standard InChI is InChI=1S/C18H33N5O3/c1-3-26-18(25)23-13-11-22(12-14-23)17(19-2)20-10-9-16(24)21-15-7-5-4-6-8-15/h15H,3-14H2,1-2H3,(H,19,20)(H,21,24). The van der Waals surface area contributed by atoms with Crippen molar-refractivity contribution >= 4 is 18.0 Å². The normalized spacial score (nSPS) is 19.2. The molecule has 1 saturated carbocycles. The van der Waals surface area contributed by atoms with E-state index < -0.39 is 0 Å². The largest absolute Gasteiger partial charge is 0.450 e. The third-order valence-electron chi connectivity index (χ3n) is 4.92. The number of hydrogen-bond acceptors (Lipinski definition) is 4. The van der Waals surface area contributed by atoms with E-state index in [1.807, 2.05) is 6.92 Å². The second-order valence-corrected chi connectivity index (χ2v) is 6.80. The van der Waals surface area contributed by atoms with Crippen LogP contribution in [-0.2, 0) is 9.53 Å². The van der Waals surface area contributed by atoms with Crippen LogP contribution in [0.1, 0.15) is 45.4 Å². The lowest BCUT2D eigenvalue weighted by atomic mass is 9.95. The first-order chi connectivity index (χ1) is 12.6. The monoisotopic (exact) mass is 367 g/mol. The van der Waals surface area contributed by atoms with Crippen LogP contribution in [0.4, 0.5) is 4.79 Å². The summed E-state index contributed by atoms with van der Waals surface area (Å²) in [6.45, 7) is 5.39. The summed E-state index contributed by atoms with van der Waals surface area (Å²) in [6.07, 6.45) is 6.11. The first-order valence-corrected chi connectivity index (χ1v) is 9.80. The third-order valence-corrected chi connectivity index (χ3v) is 4.92. The molecule has 8 nitrogen and oxygen atoms in total. The van der Waals surface area contributed by atoms with Gasteiger partial charge in [-0.05, 0) is 19.8 Å². The summed E-state index contributed by atoms with van der Waals surface area (Å²) in [7, 11) is 1.74. The minimum atomic E-state index is -0.255. The summed E-state index contributed by atoms with van der Waals surface area (Å²) < 4.78 is 5.04. The fraction of sp³-hybridized carbons (Fsp3) is 0.833.